The lowest BCUT2D eigenvalue weighted by Gasteiger charge is -2.29. The second-order valence-corrected chi connectivity index (χ2v) is 8.25. The maximum atomic E-state index is 12.7. The van der Waals surface area contributed by atoms with Gasteiger partial charge in [0.05, 0.1) is 22.9 Å². The van der Waals surface area contributed by atoms with E-state index in [1.165, 1.54) is 33.1 Å². The summed E-state index contributed by atoms with van der Waals surface area (Å²) < 4.78 is 31.7. The Balaban J connectivity index is 2.43. The molecule has 2 rings (SSSR count). The third kappa shape index (κ3) is 4.16. The molecular weight excluding hydrogens is 364 g/mol. The van der Waals surface area contributed by atoms with E-state index in [0.29, 0.717) is 18.8 Å². The van der Waals surface area contributed by atoms with Gasteiger partial charge < -0.3 is 4.74 Å². The molecule has 1 amide bonds. The maximum Gasteiger partial charge on any atom is 0.326 e. The van der Waals surface area contributed by atoms with Crippen LogP contribution in [-0.2, 0) is 24.3 Å². The Morgan fingerprint density at radius 1 is 1.28 bits per heavy atom. The molecule has 25 heavy (non-hydrogen) atoms. The smallest absolute Gasteiger partial charge is 0.326 e. The molecule has 0 atom stereocenters. The number of nitrogens with zero attached hydrogens (tertiary/aromatic N) is 2. The number of amides is 1. The van der Waals surface area contributed by atoms with Gasteiger partial charge >= 0.3 is 5.97 Å². The van der Waals surface area contributed by atoms with E-state index in [4.69, 9.17) is 4.74 Å². The first-order chi connectivity index (χ1) is 11.8. The molecular formula is C16H22N2O5S2. The van der Waals surface area contributed by atoms with Crippen LogP contribution in [0.5, 0.6) is 0 Å². The molecule has 0 aliphatic carbocycles. The summed E-state index contributed by atoms with van der Waals surface area (Å²) in [7, 11) is -3.64. The van der Waals surface area contributed by atoms with Gasteiger partial charge in [0.15, 0.2) is 0 Å². The third-order valence-electron chi connectivity index (χ3n) is 3.81. The van der Waals surface area contributed by atoms with Gasteiger partial charge in [-0.3, -0.25) is 14.5 Å². The standard InChI is InChI=1S/C16H22N2O5S2/c1-4-17(5-2)25(21,22)12-7-8-14-13(9-12)18(15(19)11-24-14)10-16(20)23-6-3/h7-9H,4-6,10-11H2,1-3H3. The molecule has 1 aliphatic heterocycles. The van der Waals surface area contributed by atoms with Crippen LogP contribution in [0.1, 0.15) is 20.8 Å². The highest BCUT2D eigenvalue weighted by atomic mass is 32.2. The minimum Gasteiger partial charge on any atom is -0.465 e. The number of benzene rings is 1. The summed E-state index contributed by atoms with van der Waals surface area (Å²) in [4.78, 5) is 26.2. The van der Waals surface area contributed by atoms with Crippen LogP contribution in [0, 0.1) is 0 Å². The fourth-order valence-corrected chi connectivity index (χ4v) is 4.96. The molecule has 9 heteroatoms. The number of sulfonamides is 1. The molecule has 0 saturated carbocycles. The Bertz CT molecular complexity index is 760. The van der Waals surface area contributed by atoms with Crippen LogP contribution in [0.25, 0.3) is 0 Å². The molecule has 0 fully saturated rings. The van der Waals surface area contributed by atoms with Crippen LogP contribution < -0.4 is 4.90 Å². The van der Waals surface area contributed by atoms with Crippen molar-refractivity contribution in [3.63, 3.8) is 0 Å². The first-order valence-electron chi connectivity index (χ1n) is 8.08. The summed E-state index contributed by atoms with van der Waals surface area (Å²) >= 11 is 1.33. The van der Waals surface area contributed by atoms with Crippen molar-refractivity contribution in [2.75, 3.05) is 36.9 Å². The monoisotopic (exact) mass is 386 g/mol. The van der Waals surface area contributed by atoms with Gasteiger partial charge in [-0.05, 0) is 25.1 Å². The lowest BCUT2D eigenvalue weighted by Crippen LogP contribution is -2.40. The normalized spacial score (nSPS) is 14.6. The predicted octanol–water partition coefficient (Wildman–Crippen LogP) is 1.72. The predicted molar refractivity (Wildman–Crippen MR) is 96.3 cm³/mol. The number of fused-ring (bicyclic) bond motifs is 1. The summed E-state index contributed by atoms with van der Waals surface area (Å²) in [6.07, 6.45) is 0. The highest BCUT2D eigenvalue weighted by molar-refractivity contribution is 8.00. The van der Waals surface area contributed by atoms with Crippen molar-refractivity contribution in [2.45, 2.75) is 30.6 Å². The Morgan fingerprint density at radius 3 is 2.56 bits per heavy atom. The van der Waals surface area contributed by atoms with E-state index >= 15 is 0 Å². The van der Waals surface area contributed by atoms with Gasteiger partial charge in [-0.2, -0.15) is 4.31 Å². The SMILES string of the molecule is CCOC(=O)CN1C(=O)CSc2ccc(S(=O)(=O)N(CC)CC)cc21. The highest BCUT2D eigenvalue weighted by Crippen LogP contribution is 2.37. The lowest BCUT2D eigenvalue weighted by atomic mass is 10.2. The zero-order valence-corrected chi connectivity index (χ0v) is 16.2. The molecule has 138 valence electrons. The lowest BCUT2D eigenvalue weighted by molar-refractivity contribution is -0.142. The van der Waals surface area contributed by atoms with Gasteiger partial charge in [0.25, 0.3) is 0 Å². The van der Waals surface area contributed by atoms with Crippen LogP contribution in [-0.4, -0.2) is 56.6 Å². The summed E-state index contributed by atoms with van der Waals surface area (Å²) in [6, 6.07) is 4.69. The number of carbonyl (C=O) groups excluding carboxylic acids is 2. The zero-order chi connectivity index (χ0) is 18.6. The van der Waals surface area contributed by atoms with Crippen molar-refractivity contribution in [2.24, 2.45) is 0 Å². The number of rotatable bonds is 7. The fraction of sp³-hybridized carbons (Fsp3) is 0.500. The second kappa shape index (κ2) is 8.20. The first-order valence-corrected chi connectivity index (χ1v) is 10.5. The Hall–Kier alpha value is -1.58. The molecule has 1 aliphatic rings. The molecule has 7 nitrogen and oxygen atoms in total. The van der Waals surface area contributed by atoms with Gasteiger partial charge in [-0.25, -0.2) is 8.42 Å². The highest BCUT2D eigenvalue weighted by Gasteiger charge is 2.30. The third-order valence-corrected chi connectivity index (χ3v) is 6.90. The molecule has 0 bridgehead atoms. The van der Waals surface area contributed by atoms with Crippen molar-refractivity contribution in [1.29, 1.82) is 0 Å². The molecule has 0 unspecified atom stereocenters. The van der Waals surface area contributed by atoms with Crippen LogP contribution >= 0.6 is 11.8 Å². The summed E-state index contributed by atoms with van der Waals surface area (Å²) in [5.41, 5.74) is 0.433. The van der Waals surface area contributed by atoms with Crippen molar-refractivity contribution in [3.8, 4) is 0 Å². The average Bonchev–Trinajstić information content (AvgIpc) is 2.58. The number of hydrogen-bond donors (Lipinski definition) is 0. The quantitative estimate of drug-likeness (QED) is 0.664. The number of ether oxygens (including phenoxy) is 1. The largest absolute Gasteiger partial charge is 0.465 e. The first kappa shape index (κ1) is 19.7. The molecule has 1 aromatic rings. The molecule has 0 aromatic heterocycles. The Morgan fingerprint density at radius 2 is 1.96 bits per heavy atom. The molecule has 0 saturated heterocycles. The van der Waals surface area contributed by atoms with E-state index in [0.717, 1.165) is 4.90 Å². The minimum absolute atomic E-state index is 0.110. The van der Waals surface area contributed by atoms with Crippen molar-refractivity contribution < 1.29 is 22.7 Å². The number of carbonyl (C=O) groups is 2. The summed E-state index contributed by atoms with van der Waals surface area (Å²) in [5, 5.41) is 0. The minimum atomic E-state index is -3.64. The number of anilines is 1. The number of thioether (sulfide) groups is 1. The van der Waals surface area contributed by atoms with Gasteiger partial charge in [0, 0.05) is 18.0 Å². The molecule has 0 N–H and O–H groups in total. The zero-order valence-electron chi connectivity index (χ0n) is 14.5. The number of esters is 1. The van der Waals surface area contributed by atoms with Crippen LogP contribution in [0.3, 0.4) is 0 Å². The van der Waals surface area contributed by atoms with E-state index in [1.54, 1.807) is 26.8 Å². The molecule has 1 aromatic carbocycles. The van der Waals surface area contributed by atoms with Gasteiger partial charge in [-0.1, -0.05) is 13.8 Å². The van der Waals surface area contributed by atoms with E-state index in [1.807, 2.05) is 0 Å². The van der Waals surface area contributed by atoms with Crippen LogP contribution in [0.15, 0.2) is 28.0 Å². The summed E-state index contributed by atoms with van der Waals surface area (Å²) in [6.45, 7) is 5.94. The van der Waals surface area contributed by atoms with Crippen LogP contribution in [0.4, 0.5) is 5.69 Å². The molecule has 0 radical (unpaired) electrons. The van der Waals surface area contributed by atoms with E-state index in [9.17, 15) is 18.0 Å². The summed E-state index contributed by atoms with van der Waals surface area (Å²) in [5.74, 6) is -0.567. The van der Waals surface area contributed by atoms with E-state index in [-0.39, 0.29) is 29.7 Å². The van der Waals surface area contributed by atoms with E-state index in [2.05, 4.69) is 0 Å². The van der Waals surface area contributed by atoms with Gasteiger partial charge in [0.2, 0.25) is 15.9 Å². The molecule has 0 spiro atoms. The van der Waals surface area contributed by atoms with Crippen molar-refractivity contribution in [3.05, 3.63) is 18.2 Å². The average molecular weight is 386 g/mol. The van der Waals surface area contributed by atoms with Gasteiger partial charge in [-0.15, -0.1) is 11.8 Å². The van der Waals surface area contributed by atoms with Gasteiger partial charge in [0.1, 0.15) is 6.54 Å². The Labute approximate surface area is 152 Å². The van der Waals surface area contributed by atoms with Crippen molar-refractivity contribution in [1.82, 2.24) is 4.31 Å². The fourth-order valence-electron chi connectivity index (χ4n) is 2.56. The molecule has 1 heterocycles. The maximum absolute atomic E-state index is 12.7. The van der Waals surface area contributed by atoms with Crippen molar-refractivity contribution >= 4 is 39.3 Å². The van der Waals surface area contributed by atoms with E-state index < -0.39 is 16.0 Å². The Kier molecular flexibility index (Phi) is 6.47. The number of hydrogen-bond acceptors (Lipinski definition) is 6. The second-order valence-electron chi connectivity index (χ2n) is 5.29. The van der Waals surface area contributed by atoms with Crippen LogP contribution in [0.2, 0.25) is 0 Å². The topological polar surface area (TPSA) is 84.0 Å².